The van der Waals surface area contributed by atoms with Crippen LogP contribution in [0.5, 0.6) is 0 Å². The molecule has 0 bridgehead atoms. The molecule has 104 valence electrons. The first-order valence-electron chi connectivity index (χ1n) is 5.44. The van der Waals surface area contributed by atoms with E-state index >= 15 is 0 Å². The first-order chi connectivity index (χ1) is 8.82. The third kappa shape index (κ3) is 2.57. The number of sulfonamides is 1. The van der Waals surface area contributed by atoms with E-state index in [4.69, 9.17) is 0 Å². The van der Waals surface area contributed by atoms with Crippen LogP contribution in [0.2, 0.25) is 0 Å². The Morgan fingerprint density at radius 1 is 1.47 bits per heavy atom. The number of nitro groups is 1. The van der Waals surface area contributed by atoms with E-state index in [0.717, 1.165) is 16.4 Å². The molecule has 19 heavy (non-hydrogen) atoms. The van der Waals surface area contributed by atoms with Crippen molar-refractivity contribution in [2.45, 2.75) is 17.4 Å². The molecule has 0 aliphatic carbocycles. The van der Waals surface area contributed by atoms with Gasteiger partial charge in [-0.1, -0.05) is 0 Å². The number of nitro benzene ring substituents is 1. The third-order valence-electron chi connectivity index (χ3n) is 2.88. The number of aliphatic hydroxyl groups is 1. The van der Waals surface area contributed by atoms with Crippen LogP contribution in [0.4, 0.5) is 10.1 Å². The predicted molar refractivity (Wildman–Crippen MR) is 62.4 cm³/mol. The van der Waals surface area contributed by atoms with Gasteiger partial charge in [-0.05, 0) is 18.6 Å². The van der Waals surface area contributed by atoms with Gasteiger partial charge in [-0.15, -0.1) is 0 Å². The van der Waals surface area contributed by atoms with Gasteiger partial charge in [0.05, 0.1) is 15.9 Å². The van der Waals surface area contributed by atoms with E-state index in [1.54, 1.807) is 0 Å². The number of halogens is 1. The summed E-state index contributed by atoms with van der Waals surface area (Å²) in [6.45, 7) is 0.0716. The number of aliphatic hydroxyl groups excluding tert-OH is 1. The number of benzene rings is 1. The lowest BCUT2D eigenvalue weighted by atomic mass is 10.3. The van der Waals surface area contributed by atoms with E-state index in [0.29, 0.717) is 12.5 Å². The number of hydrogen-bond acceptors (Lipinski definition) is 5. The van der Waals surface area contributed by atoms with Gasteiger partial charge in [0.15, 0.2) is 0 Å². The van der Waals surface area contributed by atoms with Crippen LogP contribution in [0, 0.1) is 15.9 Å². The molecule has 1 aromatic rings. The van der Waals surface area contributed by atoms with E-state index in [2.05, 4.69) is 0 Å². The molecule has 7 nitrogen and oxygen atoms in total. The summed E-state index contributed by atoms with van der Waals surface area (Å²) in [7, 11) is -3.94. The van der Waals surface area contributed by atoms with Gasteiger partial charge < -0.3 is 5.11 Å². The molecule has 1 N–H and O–H groups in total. The molecule has 0 saturated carbocycles. The molecular weight excluding hydrogens is 279 g/mol. The van der Waals surface area contributed by atoms with Crippen LogP contribution in [0.1, 0.15) is 6.42 Å². The summed E-state index contributed by atoms with van der Waals surface area (Å²) in [6.07, 6.45) is -0.437. The Hall–Kier alpha value is -1.58. The fourth-order valence-electron chi connectivity index (χ4n) is 1.87. The molecule has 1 saturated heterocycles. The highest BCUT2D eigenvalue weighted by Gasteiger charge is 2.33. The average Bonchev–Trinajstić information content (AvgIpc) is 2.76. The monoisotopic (exact) mass is 290 g/mol. The molecule has 2 rings (SSSR count). The van der Waals surface area contributed by atoms with Gasteiger partial charge in [0.1, 0.15) is 0 Å². The van der Waals surface area contributed by atoms with Crippen molar-refractivity contribution in [2.75, 3.05) is 13.1 Å². The standard InChI is InChI=1S/C10H11FN2O5S/c11-9-2-1-8(5-10(9)13(15)16)19(17,18)12-4-3-7(14)6-12/h1-2,5,7,14H,3-4,6H2/t7-/m0/s1. The molecule has 0 aromatic heterocycles. The first-order valence-corrected chi connectivity index (χ1v) is 6.88. The quantitative estimate of drug-likeness (QED) is 0.645. The number of nitrogens with zero attached hydrogens (tertiary/aromatic N) is 2. The molecular formula is C10H11FN2O5S. The van der Waals surface area contributed by atoms with Gasteiger partial charge in [0.2, 0.25) is 15.8 Å². The summed E-state index contributed by atoms with van der Waals surface area (Å²) in [4.78, 5) is 9.26. The second-order valence-corrected chi connectivity index (χ2v) is 6.11. The summed E-state index contributed by atoms with van der Waals surface area (Å²) in [5.41, 5.74) is -0.888. The zero-order valence-electron chi connectivity index (χ0n) is 9.69. The number of rotatable bonds is 3. The molecule has 0 spiro atoms. The molecule has 0 radical (unpaired) electrons. The highest BCUT2D eigenvalue weighted by atomic mass is 32.2. The molecule has 1 atom stereocenters. The lowest BCUT2D eigenvalue weighted by molar-refractivity contribution is -0.387. The lowest BCUT2D eigenvalue weighted by Crippen LogP contribution is -2.29. The fraction of sp³-hybridized carbons (Fsp3) is 0.400. The van der Waals surface area contributed by atoms with Crippen molar-refractivity contribution in [3.05, 3.63) is 34.1 Å². The maximum Gasteiger partial charge on any atom is 0.306 e. The Bertz CT molecular complexity index is 618. The topological polar surface area (TPSA) is 101 Å². The maximum absolute atomic E-state index is 13.2. The van der Waals surface area contributed by atoms with Crippen LogP contribution in [-0.2, 0) is 10.0 Å². The zero-order valence-corrected chi connectivity index (χ0v) is 10.5. The van der Waals surface area contributed by atoms with Gasteiger partial charge in [-0.25, -0.2) is 8.42 Å². The molecule has 0 amide bonds. The third-order valence-corrected chi connectivity index (χ3v) is 4.74. The van der Waals surface area contributed by atoms with Gasteiger partial charge in [-0.3, -0.25) is 10.1 Å². The summed E-state index contributed by atoms with van der Waals surface area (Å²) in [6, 6.07) is 2.41. The maximum atomic E-state index is 13.2. The SMILES string of the molecule is O=[N+]([O-])c1cc(S(=O)(=O)N2CC[C@H](O)C2)ccc1F. The van der Waals surface area contributed by atoms with Gasteiger partial charge in [-0.2, -0.15) is 8.70 Å². The largest absolute Gasteiger partial charge is 0.392 e. The van der Waals surface area contributed by atoms with Crippen molar-refractivity contribution in [3.63, 3.8) is 0 Å². The van der Waals surface area contributed by atoms with Crippen LogP contribution in [0.25, 0.3) is 0 Å². The summed E-state index contributed by atoms with van der Waals surface area (Å²) < 4.78 is 38.5. The van der Waals surface area contributed by atoms with Crippen LogP contribution < -0.4 is 0 Å². The van der Waals surface area contributed by atoms with Gasteiger partial charge >= 0.3 is 5.69 Å². The predicted octanol–water partition coefficient (Wildman–Crippen LogP) is 0.489. The number of hydrogen-bond donors (Lipinski definition) is 1. The minimum atomic E-state index is -3.94. The van der Waals surface area contributed by atoms with E-state index < -0.39 is 32.6 Å². The van der Waals surface area contributed by atoms with Crippen molar-refractivity contribution < 1.29 is 22.8 Å². The second kappa shape index (κ2) is 4.83. The van der Waals surface area contributed by atoms with Crippen molar-refractivity contribution in [3.8, 4) is 0 Å². The summed E-state index contributed by atoms with van der Waals surface area (Å²) in [5.74, 6) is -1.09. The highest BCUT2D eigenvalue weighted by Crippen LogP contribution is 2.26. The van der Waals surface area contributed by atoms with Crippen LogP contribution in [0.3, 0.4) is 0 Å². The van der Waals surface area contributed by atoms with Crippen LogP contribution >= 0.6 is 0 Å². The summed E-state index contributed by atoms with van der Waals surface area (Å²) in [5, 5.41) is 19.9. The van der Waals surface area contributed by atoms with E-state index in [1.807, 2.05) is 0 Å². The van der Waals surface area contributed by atoms with Gasteiger partial charge in [0, 0.05) is 19.2 Å². The Kier molecular flexibility index (Phi) is 3.52. The highest BCUT2D eigenvalue weighted by molar-refractivity contribution is 7.89. The zero-order chi connectivity index (χ0) is 14.2. The lowest BCUT2D eigenvalue weighted by Gasteiger charge is -2.15. The fourth-order valence-corrected chi connectivity index (χ4v) is 3.38. The minimum absolute atomic E-state index is 0.0620. The van der Waals surface area contributed by atoms with E-state index in [1.165, 1.54) is 0 Å². The van der Waals surface area contributed by atoms with E-state index in [-0.39, 0.29) is 18.0 Å². The normalized spacial score (nSPS) is 20.6. The minimum Gasteiger partial charge on any atom is -0.392 e. The Morgan fingerprint density at radius 3 is 2.68 bits per heavy atom. The van der Waals surface area contributed by atoms with Gasteiger partial charge in [0.25, 0.3) is 0 Å². The molecule has 9 heteroatoms. The Labute approximate surface area is 108 Å². The van der Waals surface area contributed by atoms with E-state index in [9.17, 15) is 28.0 Å². The molecule has 1 aromatic carbocycles. The number of β-amino-alcohol motifs (C(OH)–C–C–N with tert-alkyl or cyclic N) is 1. The second-order valence-electron chi connectivity index (χ2n) is 4.18. The van der Waals surface area contributed by atoms with Crippen molar-refractivity contribution in [1.82, 2.24) is 4.31 Å². The van der Waals surface area contributed by atoms with Crippen LogP contribution in [0.15, 0.2) is 23.1 Å². The Balaban J connectivity index is 2.41. The molecule has 1 aliphatic rings. The smallest absolute Gasteiger partial charge is 0.306 e. The first kappa shape index (κ1) is 13.8. The average molecular weight is 290 g/mol. The van der Waals surface area contributed by atoms with Crippen molar-refractivity contribution in [2.24, 2.45) is 0 Å². The van der Waals surface area contributed by atoms with Crippen LogP contribution in [-0.4, -0.2) is 41.9 Å². The molecule has 0 unspecified atom stereocenters. The van der Waals surface area contributed by atoms with Crippen molar-refractivity contribution in [1.29, 1.82) is 0 Å². The molecule has 1 aliphatic heterocycles. The van der Waals surface area contributed by atoms with Crippen molar-refractivity contribution >= 4 is 15.7 Å². The summed E-state index contributed by atoms with van der Waals surface area (Å²) >= 11 is 0. The molecule has 1 heterocycles. The Morgan fingerprint density at radius 2 is 2.16 bits per heavy atom. The molecule has 1 fully saturated rings.